The standard InChI is InChI=1S/C18H20F3N3O2/c19-18(20,21)14-6-2-1-5-13(14)8-7-12-4-3-9-24(11-12)17(26)15-10-16(25)23-22-15/h1-2,5-6,10,12H,3-4,7-9,11H2,(H2,22,23,25)/t12-/m1/s1. The van der Waals surface area contributed by atoms with Gasteiger partial charge in [-0.25, -0.2) is 0 Å². The predicted octanol–water partition coefficient (Wildman–Crippen LogP) is 3.21. The molecule has 1 aliphatic heterocycles. The number of aromatic nitrogens is 2. The summed E-state index contributed by atoms with van der Waals surface area (Å²) in [6.45, 7) is 1.07. The second kappa shape index (κ2) is 7.39. The molecule has 0 radical (unpaired) electrons. The smallest absolute Gasteiger partial charge is 0.337 e. The van der Waals surface area contributed by atoms with Gasteiger partial charge in [-0.1, -0.05) is 18.2 Å². The number of benzene rings is 1. The van der Waals surface area contributed by atoms with Crippen molar-refractivity contribution in [2.24, 2.45) is 5.92 Å². The van der Waals surface area contributed by atoms with Crippen LogP contribution in [0, 0.1) is 5.92 Å². The van der Waals surface area contributed by atoms with Crippen LogP contribution in [0.25, 0.3) is 0 Å². The summed E-state index contributed by atoms with van der Waals surface area (Å²) in [7, 11) is 0. The summed E-state index contributed by atoms with van der Waals surface area (Å²) >= 11 is 0. The summed E-state index contributed by atoms with van der Waals surface area (Å²) in [5.74, 6) is -0.122. The van der Waals surface area contributed by atoms with Crippen LogP contribution in [-0.2, 0) is 12.6 Å². The van der Waals surface area contributed by atoms with Crippen LogP contribution < -0.4 is 5.56 Å². The Morgan fingerprint density at radius 1 is 1.23 bits per heavy atom. The Balaban J connectivity index is 1.63. The molecule has 0 bridgehead atoms. The van der Waals surface area contributed by atoms with E-state index in [4.69, 9.17) is 0 Å². The number of likely N-dealkylation sites (tertiary alicyclic amines) is 1. The fraction of sp³-hybridized carbons (Fsp3) is 0.444. The maximum absolute atomic E-state index is 13.1. The van der Waals surface area contributed by atoms with E-state index in [2.05, 4.69) is 10.2 Å². The number of halogens is 3. The molecule has 2 heterocycles. The summed E-state index contributed by atoms with van der Waals surface area (Å²) in [6, 6.07) is 6.84. The monoisotopic (exact) mass is 367 g/mol. The lowest BCUT2D eigenvalue weighted by atomic mass is 9.90. The van der Waals surface area contributed by atoms with Crippen molar-refractivity contribution in [3.63, 3.8) is 0 Å². The van der Waals surface area contributed by atoms with Crippen molar-refractivity contribution < 1.29 is 18.0 Å². The Hall–Kier alpha value is -2.51. The molecular formula is C18H20F3N3O2. The molecule has 1 saturated heterocycles. The average molecular weight is 367 g/mol. The second-order valence-electron chi connectivity index (χ2n) is 6.63. The first-order valence-corrected chi connectivity index (χ1v) is 8.56. The number of H-pyrrole nitrogens is 2. The molecule has 1 aliphatic rings. The third-order valence-electron chi connectivity index (χ3n) is 4.78. The molecule has 0 unspecified atom stereocenters. The van der Waals surface area contributed by atoms with Gasteiger partial charge in [-0.3, -0.25) is 19.8 Å². The Labute approximate surface area is 148 Å². The molecule has 0 aliphatic carbocycles. The van der Waals surface area contributed by atoms with Crippen LogP contribution >= 0.6 is 0 Å². The summed E-state index contributed by atoms with van der Waals surface area (Å²) in [6.07, 6.45) is -1.77. The molecule has 1 aromatic carbocycles. The summed E-state index contributed by atoms with van der Waals surface area (Å²) < 4.78 is 39.3. The summed E-state index contributed by atoms with van der Waals surface area (Å²) in [5, 5.41) is 4.88. The molecule has 1 atom stereocenters. The van der Waals surface area contributed by atoms with E-state index in [1.807, 2.05) is 0 Å². The number of carbonyl (C=O) groups is 1. The van der Waals surface area contributed by atoms with E-state index < -0.39 is 11.7 Å². The largest absolute Gasteiger partial charge is 0.416 e. The Morgan fingerprint density at radius 3 is 2.69 bits per heavy atom. The Morgan fingerprint density at radius 2 is 2.00 bits per heavy atom. The number of nitrogens with one attached hydrogen (secondary N) is 2. The van der Waals surface area contributed by atoms with Gasteiger partial charge < -0.3 is 4.90 Å². The van der Waals surface area contributed by atoms with Gasteiger partial charge >= 0.3 is 6.18 Å². The van der Waals surface area contributed by atoms with Gasteiger partial charge in [0.15, 0.2) is 0 Å². The number of amides is 1. The van der Waals surface area contributed by atoms with Gasteiger partial charge in [0.1, 0.15) is 5.69 Å². The lowest BCUT2D eigenvalue weighted by Gasteiger charge is -2.32. The average Bonchev–Trinajstić information content (AvgIpc) is 3.05. The second-order valence-corrected chi connectivity index (χ2v) is 6.63. The first kappa shape index (κ1) is 18.3. The van der Waals surface area contributed by atoms with Crippen LogP contribution in [0.5, 0.6) is 0 Å². The number of aryl methyl sites for hydroxylation is 1. The Kier molecular flexibility index (Phi) is 5.20. The lowest BCUT2D eigenvalue weighted by Crippen LogP contribution is -2.40. The van der Waals surface area contributed by atoms with Crippen LogP contribution in [0.15, 0.2) is 35.1 Å². The van der Waals surface area contributed by atoms with Crippen molar-refractivity contribution >= 4 is 5.91 Å². The minimum Gasteiger partial charge on any atom is -0.337 e. The fourth-order valence-electron chi connectivity index (χ4n) is 3.48. The highest BCUT2D eigenvalue weighted by molar-refractivity contribution is 5.92. The maximum atomic E-state index is 13.1. The van der Waals surface area contributed by atoms with Crippen molar-refractivity contribution in [1.29, 1.82) is 0 Å². The molecule has 1 amide bonds. The van der Waals surface area contributed by atoms with Gasteiger partial charge in [0.25, 0.3) is 11.5 Å². The van der Waals surface area contributed by atoms with Gasteiger partial charge in [-0.05, 0) is 43.2 Å². The van der Waals surface area contributed by atoms with E-state index in [0.717, 1.165) is 18.9 Å². The number of aromatic amines is 2. The zero-order chi connectivity index (χ0) is 18.7. The number of alkyl halides is 3. The molecule has 5 nitrogen and oxygen atoms in total. The number of hydrogen-bond donors (Lipinski definition) is 2. The quantitative estimate of drug-likeness (QED) is 0.871. The van der Waals surface area contributed by atoms with Gasteiger partial charge in [-0.15, -0.1) is 0 Å². The molecular weight excluding hydrogens is 347 g/mol. The van der Waals surface area contributed by atoms with Gasteiger partial charge in [0, 0.05) is 19.2 Å². The first-order valence-electron chi connectivity index (χ1n) is 8.56. The van der Waals surface area contributed by atoms with E-state index in [9.17, 15) is 22.8 Å². The molecule has 2 aromatic rings. The zero-order valence-electron chi connectivity index (χ0n) is 14.1. The topological polar surface area (TPSA) is 69.0 Å². The molecule has 1 aromatic heterocycles. The van der Waals surface area contributed by atoms with Crippen molar-refractivity contribution in [2.45, 2.75) is 31.9 Å². The third-order valence-corrected chi connectivity index (χ3v) is 4.78. The number of hydrogen-bond acceptors (Lipinski definition) is 2. The van der Waals surface area contributed by atoms with E-state index in [1.165, 1.54) is 18.2 Å². The summed E-state index contributed by atoms with van der Waals surface area (Å²) in [5.41, 5.74) is -0.462. The number of piperidine rings is 1. The van der Waals surface area contributed by atoms with E-state index in [-0.39, 0.29) is 23.1 Å². The Bertz CT molecular complexity index is 825. The van der Waals surface area contributed by atoms with Crippen molar-refractivity contribution in [3.05, 3.63) is 57.5 Å². The lowest BCUT2D eigenvalue weighted by molar-refractivity contribution is -0.138. The van der Waals surface area contributed by atoms with Gasteiger partial charge in [0.05, 0.1) is 5.56 Å². The van der Waals surface area contributed by atoms with Gasteiger partial charge in [-0.2, -0.15) is 13.2 Å². The molecule has 140 valence electrons. The molecule has 26 heavy (non-hydrogen) atoms. The number of carbonyl (C=O) groups excluding carboxylic acids is 1. The molecule has 8 heteroatoms. The fourth-order valence-corrected chi connectivity index (χ4v) is 3.48. The first-order chi connectivity index (χ1) is 12.3. The molecule has 2 N–H and O–H groups in total. The molecule has 3 rings (SSSR count). The van der Waals surface area contributed by atoms with Crippen molar-refractivity contribution in [3.8, 4) is 0 Å². The highest BCUT2D eigenvalue weighted by atomic mass is 19.4. The van der Waals surface area contributed by atoms with Crippen molar-refractivity contribution in [2.75, 3.05) is 13.1 Å². The van der Waals surface area contributed by atoms with E-state index >= 15 is 0 Å². The number of rotatable bonds is 4. The van der Waals surface area contributed by atoms with E-state index in [0.29, 0.717) is 31.5 Å². The van der Waals surface area contributed by atoms with Crippen LogP contribution in [0.2, 0.25) is 0 Å². The third kappa shape index (κ3) is 4.17. The highest BCUT2D eigenvalue weighted by Gasteiger charge is 2.33. The van der Waals surface area contributed by atoms with E-state index in [1.54, 1.807) is 11.0 Å². The minimum absolute atomic E-state index is 0.139. The van der Waals surface area contributed by atoms with Crippen molar-refractivity contribution in [1.82, 2.24) is 15.1 Å². The summed E-state index contributed by atoms with van der Waals surface area (Å²) in [4.78, 5) is 25.2. The molecule has 0 spiro atoms. The van der Waals surface area contributed by atoms with Gasteiger partial charge in [0.2, 0.25) is 0 Å². The van der Waals surface area contributed by atoms with Crippen LogP contribution in [0.3, 0.4) is 0 Å². The predicted molar refractivity (Wildman–Crippen MR) is 89.8 cm³/mol. The molecule has 1 fully saturated rings. The van der Waals surface area contributed by atoms with Crippen LogP contribution in [0.4, 0.5) is 13.2 Å². The normalized spacial score (nSPS) is 18.1. The van der Waals surface area contributed by atoms with Crippen LogP contribution in [0.1, 0.15) is 40.9 Å². The maximum Gasteiger partial charge on any atom is 0.416 e. The molecule has 0 saturated carbocycles. The van der Waals surface area contributed by atoms with Crippen LogP contribution in [-0.4, -0.2) is 34.1 Å². The number of nitrogens with zero attached hydrogens (tertiary/aromatic N) is 1. The minimum atomic E-state index is -4.36. The highest BCUT2D eigenvalue weighted by Crippen LogP contribution is 2.33. The SMILES string of the molecule is O=C(c1cc(=O)[nH][nH]1)N1CCC[C@H](CCc2ccccc2C(F)(F)F)C1. The zero-order valence-corrected chi connectivity index (χ0v) is 14.1.